The highest BCUT2D eigenvalue weighted by Gasteiger charge is 2.49. The standard InChI is InChI=1S/C9H10O8/c1-3(11)8(14)17-7-5(13)9(15)16-6(7)4(12)2-10/h4,6-7,10,12H,2H2,1H3. The first-order valence-electron chi connectivity index (χ1n) is 4.63. The highest BCUT2D eigenvalue weighted by molar-refractivity contribution is 6.39. The Labute approximate surface area is 95.1 Å². The number of aliphatic hydroxyl groups is 2. The van der Waals surface area contributed by atoms with Gasteiger partial charge in [-0.05, 0) is 0 Å². The van der Waals surface area contributed by atoms with Crippen LogP contribution in [0.2, 0.25) is 0 Å². The van der Waals surface area contributed by atoms with Gasteiger partial charge < -0.3 is 19.7 Å². The third-order valence-electron chi connectivity index (χ3n) is 2.09. The molecule has 1 aliphatic rings. The van der Waals surface area contributed by atoms with Gasteiger partial charge in [-0.25, -0.2) is 9.59 Å². The molecule has 0 amide bonds. The number of rotatable bonds is 4. The van der Waals surface area contributed by atoms with Crippen LogP contribution in [0.3, 0.4) is 0 Å². The molecule has 0 aliphatic carbocycles. The average Bonchev–Trinajstić information content (AvgIpc) is 2.56. The summed E-state index contributed by atoms with van der Waals surface area (Å²) in [5, 5.41) is 17.9. The van der Waals surface area contributed by atoms with E-state index in [-0.39, 0.29) is 0 Å². The van der Waals surface area contributed by atoms with Crippen molar-refractivity contribution in [2.24, 2.45) is 0 Å². The van der Waals surface area contributed by atoms with Gasteiger partial charge in [0.15, 0.2) is 6.10 Å². The summed E-state index contributed by atoms with van der Waals surface area (Å²) in [5.41, 5.74) is 0. The van der Waals surface area contributed by atoms with Gasteiger partial charge in [-0.1, -0.05) is 0 Å². The predicted molar refractivity (Wildman–Crippen MR) is 48.5 cm³/mol. The largest absolute Gasteiger partial charge is 0.449 e. The molecule has 0 radical (unpaired) electrons. The van der Waals surface area contributed by atoms with E-state index in [1.807, 2.05) is 0 Å². The second-order valence-electron chi connectivity index (χ2n) is 3.37. The Balaban J connectivity index is 2.84. The van der Waals surface area contributed by atoms with Crippen LogP contribution >= 0.6 is 0 Å². The fourth-order valence-electron chi connectivity index (χ4n) is 1.21. The van der Waals surface area contributed by atoms with Crippen molar-refractivity contribution in [3.05, 3.63) is 0 Å². The topological polar surface area (TPSA) is 127 Å². The zero-order valence-corrected chi connectivity index (χ0v) is 8.78. The van der Waals surface area contributed by atoms with Gasteiger partial charge in [0.25, 0.3) is 5.78 Å². The van der Waals surface area contributed by atoms with E-state index < -0.39 is 48.4 Å². The first-order valence-corrected chi connectivity index (χ1v) is 4.63. The summed E-state index contributed by atoms with van der Waals surface area (Å²) >= 11 is 0. The molecule has 8 nitrogen and oxygen atoms in total. The number of carbonyl (C=O) groups excluding carboxylic acids is 4. The van der Waals surface area contributed by atoms with Crippen molar-refractivity contribution in [1.29, 1.82) is 0 Å². The molecular weight excluding hydrogens is 236 g/mol. The molecule has 3 atom stereocenters. The Morgan fingerprint density at radius 2 is 2.06 bits per heavy atom. The van der Waals surface area contributed by atoms with Crippen molar-refractivity contribution in [3.63, 3.8) is 0 Å². The molecule has 0 aromatic rings. The van der Waals surface area contributed by atoms with Crippen LogP contribution in [0.1, 0.15) is 6.92 Å². The average molecular weight is 246 g/mol. The van der Waals surface area contributed by atoms with Gasteiger partial charge in [-0.15, -0.1) is 0 Å². The molecule has 0 aromatic heterocycles. The summed E-state index contributed by atoms with van der Waals surface area (Å²) in [5.74, 6) is -4.76. The fourth-order valence-corrected chi connectivity index (χ4v) is 1.21. The quantitative estimate of drug-likeness (QED) is 0.406. The SMILES string of the molecule is CC(=O)C(=O)OC1C(=O)C(=O)OC1C(O)CO. The summed E-state index contributed by atoms with van der Waals surface area (Å²) < 4.78 is 8.87. The van der Waals surface area contributed by atoms with Crippen LogP contribution in [-0.4, -0.2) is 58.6 Å². The van der Waals surface area contributed by atoms with Crippen LogP contribution in [0, 0.1) is 0 Å². The molecule has 8 heteroatoms. The molecule has 0 saturated carbocycles. The fraction of sp³-hybridized carbons (Fsp3) is 0.556. The lowest BCUT2D eigenvalue weighted by molar-refractivity contribution is -0.164. The maximum atomic E-state index is 11.2. The number of aliphatic hydroxyl groups excluding tert-OH is 2. The van der Waals surface area contributed by atoms with Crippen molar-refractivity contribution in [3.8, 4) is 0 Å². The third kappa shape index (κ3) is 2.66. The van der Waals surface area contributed by atoms with Crippen molar-refractivity contribution in [2.75, 3.05) is 6.61 Å². The van der Waals surface area contributed by atoms with Crippen LogP contribution in [-0.2, 0) is 28.7 Å². The second kappa shape index (κ2) is 5.02. The lowest BCUT2D eigenvalue weighted by Gasteiger charge is -2.19. The molecule has 17 heavy (non-hydrogen) atoms. The van der Waals surface area contributed by atoms with Gasteiger partial charge in [0.1, 0.15) is 6.10 Å². The molecule has 0 bridgehead atoms. The summed E-state index contributed by atoms with van der Waals surface area (Å²) in [6, 6.07) is 0. The molecule has 1 aliphatic heterocycles. The Kier molecular flexibility index (Phi) is 3.92. The van der Waals surface area contributed by atoms with E-state index >= 15 is 0 Å². The smallest absolute Gasteiger partial charge is 0.379 e. The van der Waals surface area contributed by atoms with Gasteiger partial charge in [-0.3, -0.25) is 9.59 Å². The molecule has 0 spiro atoms. The number of carbonyl (C=O) groups is 4. The number of Topliss-reactive ketones (excluding diaryl/α,β-unsaturated/α-hetero) is 2. The van der Waals surface area contributed by atoms with E-state index in [9.17, 15) is 24.3 Å². The predicted octanol–water partition coefficient (Wildman–Crippen LogP) is -2.67. The minimum absolute atomic E-state index is 0.792. The van der Waals surface area contributed by atoms with E-state index in [1.165, 1.54) is 0 Å². The van der Waals surface area contributed by atoms with E-state index in [4.69, 9.17) is 5.11 Å². The molecule has 3 unspecified atom stereocenters. The lowest BCUT2D eigenvalue weighted by atomic mass is 10.1. The molecular formula is C9H10O8. The number of hydrogen-bond donors (Lipinski definition) is 2. The zero-order valence-electron chi connectivity index (χ0n) is 8.78. The van der Waals surface area contributed by atoms with Gasteiger partial charge in [0.05, 0.1) is 6.61 Å². The van der Waals surface area contributed by atoms with Gasteiger partial charge in [0, 0.05) is 6.92 Å². The monoisotopic (exact) mass is 246 g/mol. The second-order valence-corrected chi connectivity index (χ2v) is 3.37. The number of esters is 2. The zero-order chi connectivity index (χ0) is 13.2. The first kappa shape index (κ1) is 13.3. The summed E-state index contributed by atoms with van der Waals surface area (Å²) in [7, 11) is 0. The van der Waals surface area contributed by atoms with E-state index in [1.54, 1.807) is 0 Å². The number of hydrogen-bond acceptors (Lipinski definition) is 8. The molecule has 1 rings (SSSR count). The van der Waals surface area contributed by atoms with Crippen molar-refractivity contribution in [1.82, 2.24) is 0 Å². The van der Waals surface area contributed by atoms with Crippen LogP contribution in [0.25, 0.3) is 0 Å². The summed E-state index contributed by atoms with van der Waals surface area (Å²) in [4.78, 5) is 43.8. The molecule has 2 N–H and O–H groups in total. The highest BCUT2D eigenvalue weighted by atomic mass is 16.6. The Morgan fingerprint density at radius 3 is 2.53 bits per heavy atom. The summed E-state index contributed by atoms with van der Waals surface area (Å²) in [6.07, 6.45) is -4.78. The van der Waals surface area contributed by atoms with Gasteiger partial charge in [-0.2, -0.15) is 0 Å². The minimum atomic E-state index is -1.71. The molecule has 1 saturated heterocycles. The van der Waals surface area contributed by atoms with Crippen LogP contribution in [0.5, 0.6) is 0 Å². The Hall–Kier alpha value is -1.80. The normalized spacial score (nSPS) is 25.4. The van der Waals surface area contributed by atoms with Crippen LogP contribution < -0.4 is 0 Å². The number of ketones is 2. The third-order valence-corrected chi connectivity index (χ3v) is 2.09. The van der Waals surface area contributed by atoms with E-state index in [0.29, 0.717) is 0 Å². The molecule has 1 heterocycles. The van der Waals surface area contributed by atoms with Crippen LogP contribution in [0.4, 0.5) is 0 Å². The van der Waals surface area contributed by atoms with Crippen molar-refractivity contribution < 1.29 is 38.9 Å². The van der Waals surface area contributed by atoms with Gasteiger partial charge in [0.2, 0.25) is 11.9 Å². The first-order chi connectivity index (χ1) is 7.88. The van der Waals surface area contributed by atoms with E-state index in [2.05, 4.69) is 9.47 Å². The van der Waals surface area contributed by atoms with E-state index in [0.717, 1.165) is 6.92 Å². The number of cyclic esters (lactones) is 1. The lowest BCUT2D eigenvalue weighted by Crippen LogP contribution is -2.42. The number of ether oxygens (including phenoxy) is 2. The van der Waals surface area contributed by atoms with Crippen molar-refractivity contribution >= 4 is 23.5 Å². The van der Waals surface area contributed by atoms with Crippen LogP contribution in [0.15, 0.2) is 0 Å². The summed E-state index contributed by atoms with van der Waals surface area (Å²) in [6.45, 7) is 0.126. The Bertz CT molecular complexity index is 373. The molecule has 94 valence electrons. The van der Waals surface area contributed by atoms with Gasteiger partial charge >= 0.3 is 11.9 Å². The molecule has 1 fully saturated rings. The minimum Gasteiger partial charge on any atom is -0.449 e. The molecule has 0 aromatic carbocycles. The maximum absolute atomic E-state index is 11.2. The maximum Gasteiger partial charge on any atom is 0.379 e. The highest BCUT2D eigenvalue weighted by Crippen LogP contribution is 2.19. The van der Waals surface area contributed by atoms with Crippen molar-refractivity contribution in [2.45, 2.75) is 25.2 Å². The Morgan fingerprint density at radius 1 is 1.47 bits per heavy atom.